The van der Waals surface area contributed by atoms with Crippen LogP contribution in [0.1, 0.15) is 46.0 Å². The smallest absolute Gasteiger partial charge is 0.149 e. The minimum atomic E-state index is 0.401. The number of likely N-dealkylation sites (tertiary alicyclic amines) is 1. The Morgan fingerprint density at radius 3 is 2.50 bits per heavy atom. The van der Waals surface area contributed by atoms with Crippen LogP contribution in [0.3, 0.4) is 0 Å². The third kappa shape index (κ3) is 2.85. The van der Waals surface area contributed by atoms with Crippen molar-refractivity contribution in [1.29, 1.82) is 0 Å². The van der Waals surface area contributed by atoms with Gasteiger partial charge in [0.2, 0.25) is 0 Å². The Balaban J connectivity index is 1.76. The van der Waals surface area contributed by atoms with Gasteiger partial charge in [-0.2, -0.15) is 0 Å². The molecule has 2 aliphatic rings. The van der Waals surface area contributed by atoms with Crippen molar-refractivity contribution in [3.8, 4) is 0 Å². The lowest BCUT2D eigenvalue weighted by Gasteiger charge is -2.18. The second-order valence-electron chi connectivity index (χ2n) is 5.98. The molecule has 1 aliphatic carbocycles. The minimum Gasteiger partial charge on any atom is -0.298 e. The second kappa shape index (κ2) is 5.31. The maximum Gasteiger partial charge on any atom is 0.149 e. The predicted octanol–water partition coefficient (Wildman–Crippen LogP) is 2.72. The number of carbonyl (C=O) groups is 1. The molecule has 2 heteroatoms. The van der Waals surface area contributed by atoms with Crippen LogP contribution < -0.4 is 0 Å². The average Bonchev–Trinajstić information content (AvgIpc) is 2.87. The molecule has 1 saturated carbocycles. The molecule has 2 nitrogen and oxygen atoms in total. The second-order valence-corrected chi connectivity index (χ2v) is 5.98. The molecule has 2 fully saturated rings. The first-order valence-corrected chi connectivity index (χ1v) is 6.92. The number of nitrogens with zero attached hydrogens (tertiary/aromatic N) is 1. The minimum absolute atomic E-state index is 0.401. The van der Waals surface area contributed by atoms with Crippen molar-refractivity contribution in [2.45, 2.75) is 46.0 Å². The zero-order valence-electron chi connectivity index (χ0n) is 10.7. The summed E-state index contributed by atoms with van der Waals surface area (Å²) in [5.74, 6) is 2.50. The van der Waals surface area contributed by atoms with E-state index >= 15 is 0 Å². The maximum absolute atomic E-state index is 12.0. The maximum atomic E-state index is 12.0. The zero-order valence-corrected chi connectivity index (χ0v) is 10.7. The fourth-order valence-electron chi connectivity index (χ4n) is 3.15. The number of ketones is 1. The van der Waals surface area contributed by atoms with Crippen molar-refractivity contribution in [3.63, 3.8) is 0 Å². The molecule has 92 valence electrons. The third-order valence-electron chi connectivity index (χ3n) is 4.44. The van der Waals surface area contributed by atoms with Gasteiger partial charge in [-0.1, -0.05) is 26.7 Å². The van der Waals surface area contributed by atoms with E-state index in [1.807, 2.05) is 0 Å². The van der Waals surface area contributed by atoms with Gasteiger partial charge >= 0.3 is 0 Å². The van der Waals surface area contributed by atoms with E-state index in [9.17, 15) is 4.79 Å². The van der Waals surface area contributed by atoms with Crippen LogP contribution >= 0.6 is 0 Å². The standard InChI is InChI=1S/C14H25NO/c1-11(2)13-7-8-15(9-13)10-14(16)12-5-3-4-6-12/h11-13H,3-10H2,1-2H3. The van der Waals surface area contributed by atoms with Crippen LogP contribution in [0.4, 0.5) is 0 Å². The summed E-state index contributed by atoms with van der Waals surface area (Å²) in [4.78, 5) is 14.4. The molecule has 0 N–H and O–H groups in total. The lowest BCUT2D eigenvalue weighted by atomic mass is 9.95. The van der Waals surface area contributed by atoms with E-state index in [2.05, 4.69) is 18.7 Å². The fourth-order valence-corrected chi connectivity index (χ4v) is 3.15. The van der Waals surface area contributed by atoms with Crippen LogP contribution in [-0.2, 0) is 4.79 Å². The summed E-state index contributed by atoms with van der Waals surface area (Å²) in [6, 6.07) is 0. The number of rotatable bonds is 4. The molecule has 2 rings (SSSR count). The molecule has 1 unspecified atom stereocenters. The Labute approximate surface area is 99.4 Å². The van der Waals surface area contributed by atoms with Crippen molar-refractivity contribution in [2.24, 2.45) is 17.8 Å². The Morgan fingerprint density at radius 1 is 1.25 bits per heavy atom. The van der Waals surface area contributed by atoms with Gasteiger partial charge in [-0.05, 0) is 37.6 Å². The summed E-state index contributed by atoms with van der Waals surface area (Å²) in [6.07, 6.45) is 6.13. The van der Waals surface area contributed by atoms with E-state index in [1.54, 1.807) is 0 Å². The van der Waals surface area contributed by atoms with Gasteiger partial charge in [0.1, 0.15) is 5.78 Å². The Kier molecular flexibility index (Phi) is 4.01. The van der Waals surface area contributed by atoms with Crippen LogP contribution in [-0.4, -0.2) is 30.3 Å². The molecule has 0 aromatic carbocycles. The van der Waals surface area contributed by atoms with Gasteiger partial charge in [0.25, 0.3) is 0 Å². The largest absolute Gasteiger partial charge is 0.298 e. The van der Waals surface area contributed by atoms with Gasteiger partial charge in [-0.3, -0.25) is 9.69 Å². The van der Waals surface area contributed by atoms with Crippen LogP contribution in [0.15, 0.2) is 0 Å². The first-order chi connectivity index (χ1) is 7.66. The quantitative estimate of drug-likeness (QED) is 0.730. The Hall–Kier alpha value is -0.370. The SMILES string of the molecule is CC(C)C1CCN(CC(=O)C2CCCC2)C1. The van der Waals surface area contributed by atoms with E-state index in [4.69, 9.17) is 0 Å². The molecule has 0 amide bonds. The summed E-state index contributed by atoms with van der Waals surface area (Å²) in [7, 11) is 0. The van der Waals surface area contributed by atoms with Gasteiger partial charge in [0.15, 0.2) is 0 Å². The molecular formula is C14H25NO. The van der Waals surface area contributed by atoms with Crippen LogP contribution in [0, 0.1) is 17.8 Å². The van der Waals surface area contributed by atoms with Crippen molar-refractivity contribution in [3.05, 3.63) is 0 Å². The highest BCUT2D eigenvalue weighted by molar-refractivity contribution is 5.83. The summed E-state index contributed by atoms with van der Waals surface area (Å²) >= 11 is 0. The molecule has 0 spiro atoms. The molecule has 0 radical (unpaired) electrons. The van der Waals surface area contributed by atoms with Crippen LogP contribution in [0.5, 0.6) is 0 Å². The number of hydrogen-bond acceptors (Lipinski definition) is 2. The molecule has 0 aromatic heterocycles. The summed E-state index contributed by atoms with van der Waals surface area (Å²) in [6.45, 7) is 7.62. The number of Topliss-reactive ketones (excluding diaryl/α,β-unsaturated/α-hetero) is 1. The van der Waals surface area contributed by atoms with Crippen molar-refractivity contribution < 1.29 is 4.79 Å². The highest BCUT2D eigenvalue weighted by Gasteiger charge is 2.29. The monoisotopic (exact) mass is 223 g/mol. The number of hydrogen-bond donors (Lipinski definition) is 0. The van der Waals surface area contributed by atoms with Crippen molar-refractivity contribution in [1.82, 2.24) is 4.90 Å². The van der Waals surface area contributed by atoms with E-state index in [1.165, 1.54) is 19.3 Å². The topological polar surface area (TPSA) is 20.3 Å². The van der Waals surface area contributed by atoms with Crippen LogP contribution in [0.25, 0.3) is 0 Å². The van der Waals surface area contributed by atoms with Gasteiger partial charge in [0.05, 0.1) is 6.54 Å². The predicted molar refractivity (Wildman–Crippen MR) is 66.4 cm³/mol. The summed E-state index contributed by atoms with van der Waals surface area (Å²) in [5.41, 5.74) is 0. The molecule has 1 heterocycles. The van der Waals surface area contributed by atoms with E-state index in [0.717, 1.165) is 44.3 Å². The van der Waals surface area contributed by atoms with Crippen molar-refractivity contribution >= 4 is 5.78 Å². The molecule has 1 atom stereocenters. The highest BCUT2D eigenvalue weighted by atomic mass is 16.1. The Bertz CT molecular complexity index is 243. The normalized spacial score (nSPS) is 28.1. The average molecular weight is 223 g/mol. The molecular weight excluding hydrogens is 198 g/mol. The summed E-state index contributed by atoms with van der Waals surface area (Å²) in [5, 5.41) is 0. The molecule has 0 bridgehead atoms. The van der Waals surface area contributed by atoms with Gasteiger partial charge in [-0.15, -0.1) is 0 Å². The molecule has 1 aliphatic heterocycles. The summed E-state index contributed by atoms with van der Waals surface area (Å²) < 4.78 is 0. The lowest BCUT2D eigenvalue weighted by molar-refractivity contribution is -0.123. The van der Waals surface area contributed by atoms with Gasteiger partial charge < -0.3 is 0 Å². The first-order valence-electron chi connectivity index (χ1n) is 6.92. The van der Waals surface area contributed by atoms with Crippen molar-refractivity contribution in [2.75, 3.05) is 19.6 Å². The number of carbonyl (C=O) groups excluding carboxylic acids is 1. The molecule has 16 heavy (non-hydrogen) atoms. The zero-order chi connectivity index (χ0) is 11.5. The van der Waals surface area contributed by atoms with E-state index in [0.29, 0.717) is 11.7 Å². The Morgan fingerprint density at radius 2 is 1.94 bits per heavy atom. The van der Waals surface area contributed by atoms with E-state index < -0.39 is 0 Å². The molecule has 0 aromatic rings. The van der Waals surface area contributed by atoms with Crippen LogP contribution in [0.2, 0.25) is 0 Å². The fraction of sp³-hybridized carbons (Fsp3) is 0.929. The third-order valence-corrected chi connectivity index (χ3v) is 4.44. The first kappa shape index (κ1) is 12.1. The van der Waals surface area contributed by atoms with Gasteiger partial charge in [-0.25, -0.2) is 0 Å². The molecule has 1 saturated heterocycles. The van der Waals surface area contributed by atoms with Gasteiger partial charge in [0, 0.05) is 12.5 Å². The highest BCUT2D eigenvalue weighted by Crippen LogP contribution is 2.27. The lowest BCUT2D eigenvalue weighted by Crippen LogP contribution is -2.31. The van der Waals surface area contributed by atoms with E-state index in [-0.39, 0.29) is 0 Å².